The molecule has 0 spiro atoms. The Morgan fingerprint density at radius 1 is 0.930 bits per heavy atom. The summed E-state index contributed by atoms with van der Waals surface area (Å²) in [5.41, 5.74) is 2.76. The normalized spacial score (nSPS) is 19.7. The molecule has 3 amide bonds. The minimum atomic E-state index is -0.789. The number of rotatable bonds is 5. The molecular weight excluding hydrogens is 606 g/mol. The number of phenols is 1. The van der Waals surface area contributed by atoms with Gasteiger partial charge in [0, 0.05) is 21.5 Å². The average molecular weight is 634 g/mol. The first-order valence-electron chi connectivity index (χ1n) is 13.7. The number of carbonyl (C=O) groups excluding carboxylic acids is 3. The number of aromatic hydroxyl groups is 1. The predicted molar refractivity (Wildman–Crippen MR) is 169 cm³/mol. The Kier molecular flexibility index (Phi) is 7.48. The first-order valence-corrected chi connectivity index (χ1v) is 15.7. The van der Waals surface area contributed by atoms with Crippen LogP contribution in [0.25, 0.3) is 0 Å². The highest BCUT2D eigenvalue weighted by atomic mass is 35.5. The Labute approximate surface area is 261 Å². The van der Waals surface area contributed by atoms with Gasteiger partial charge in [0.2, 0.25) is 17.7 Å². The molecule has 43 heavy (non-hydrogen) atoms. The van der Waals surface area contributed by atoms with Crippen LogP contribution in [0.3, 0.4) is 0 Å². The van der Waals surface area contributed by atoms with Crippen molar-refractivity contribution < 1.29 is 19.5 Å². The molecule has 3 atom stereocenters. The molecule has 11 heteroatoms. The number of hydrogen-bond acceptors (Lipinski definition) is 7. The van der Waals surface area contributed by atoms with Gasteiger partial charge < -0.3 is 10.4 Å². The van der Waals surface area contributed by atoms with Gasteiger partial charge in [-0.1, -0.05) is 79.7 Å². The maximum atomic E-state index is 14.0. The first-order chi connectivity index (χ1) is 20.4. The van der Waals surface area contributed by atoms with Gasteiger partial charge in [-0.25, -0.2) is 4.90 Å². The molecule has 0 radical (unpaired) electrons. The highest BCUT2D eigenvalue weighted by molar-refractivity contribution is 8.00. The highest BCUT2D eigenvalue weighted by Gasteiger charge is 2.56. The molecule has 2 aliphatic heterocycles. The number of imide groups is 1. The zero-order chi connectivity index (χ0) is 30.6. The highest BCUT2D eigenvalue weighted by Crippen LogP contribution is 2.54. The number of halogens is 1. The van der Waals surface area contributed by atoms with Crippen LogP contribution in [0.2, 0.25) is 5.02 Å². The summed E-state index contributed by atoms with van der Waals surface area (Å²) in [7, 11) is 0. The maximum Gasteiger partial charge on any atom is 0.308 e. The lowest BCUT2D eigenvalue weighted by Gasteiger charge is -2.31. The zero-order valence-electron chi connectivity index (χ0n) is 23.5. The average Bonchev–Trinajstić information content (AvgIpc) is 3.40. The zero-order valence-corrected chi connectivity index (χ0v) is 25.9. The Hall–Kier alpha value is -3.86. The number of carbonyl (C=O) groups is 3. The van der Waals surface area contributed by atoms with E-state index >= 15 is 0 Å². The van der Waals surface area contributed by atoms with Crippen molar-refractivity contribution in [2.45, 2.75) is 48.9 Å². The Morgan fingerprint density at radius 2 is 1.58 bits per heavy atom. The Morgan fingerprint density at radius 3 is 2.21 bits per heavy atom. The summed E-state index contributed by atoms with van der Waals surface area (Å²) in [6, 6.07) is 20.6. The number of benzene rings is 3. The fourth-order valence-corrected chi connectivity index (χ4v) is 8.44. The van der Waals surface area contributed by atoms with E-state index in [1.54, 1.807) is 36.4 Å². The van der Waals surface area contributed by atoms with Gasteiger partial charge in [0.15, 0.2) is 0 Å². The summed E-state index contributed by atoms with van der Waals surface area (Å²) in [6.07, 6.45) is 0. The fourth-order valence-electron chi connectivity index (χ4n) is 5.54. The second-order valence-electron chi connectivity index (χ2n) is 11.6. The van der Waals surface area contributed by atoms with Gasteiger partial charge in [0.1, 0.15) is 17.5 Å². The molecule has 2 aliphatic rings. The molecule has 220 valence electrons. The number of nitrogens with zero attached hydrogens (tertiary/aromatic N) is 2. The topological polar surface area (TPSA) is 109 Å². The third-order valence-electron chi connectivity index (χ3n) is 7.72. The van der Waals surface area contributed by atoms with Crippen LogP contribution in [0.15, 0.2) is 82.6 Å². The number of anilines is 2. The molecule has 2 N–H and O–H groups in total. The van der Waals surface area contributed by atoms with Gasteiger partial charge in [-0.15, -0.1) is 0 Å². The molecular formula is C32H28ClN3O5S2. The van der Waals surface area contributed by atoms with Crippen molar-refractivity contribution in [1.82, 2.24) is 4.57 Å². The van der Waals surface area contributed by atoms with Gasteiger partial charge in [-0.2, -0.15) is 0 Å². The van der Waals surface area contributed by atoms with Crippen molar-refractivity contribution in [3.63, 3.8) is 0 Å². The summed E-state index contributed by atoms with van der Waals surface area (Å²) >= 11 is 8.24. The number of phenolic OH excluding ortho intramolecular Hbond substituents is 1. The van der Waals surface area contributed by atoms with Crippen LogP contribution < -0.4 is 15.1 Å². The van der Waals surface area contributed by atoms with Crippen molar-refractivity contribution in [3.8, 4) is 5.75 Å². The van der Waals surface area contributed by atoms with Crippen molar-refractivity contribution in [3.05, 3.63) is 103 Å². The first kappa shape index (κ1) is 29.2. The predicted octanol–water partition coefficient (Wildman–Crippen LogP) is 6.00. The molecule has 3 unspecified atom stereocenters. The number of fused-ring (bicyclic) bond motifs is 2. The number of nitrogens with one attached hydrogen (secondary N) is 1. The van der Waals surface area contributed by atoms with Gasteiger partial charge in [-0.3, -0.25) is 23.7 Å². The molecule has 1 saturated heterocycles. The minimum Gasteiger partial charge on any atom is -0.508 e. The van der Waals surface area contributed by atoms with Crippen molar-refractivity contribution >= 4 is 63.8 Å². The van der Waals surface area contributed by atoms with E-state index < -0.39 is 23.0 Å². The van der Waals surface area contributed by atoms with Crippen LogP contribution in [0.1, 0.15) is 42.7 Å². The molecule has 0 saturated carbocycles. The smallest absolute Gasteiger partial charge is 0.308 e. The van der Waals surface area contributed by atoms with Crippen molar-refractivity contribution in [2.24, 2.45) is 5.92 Å². The third-order valence-corrected chi connectivity index (χ3v) is 10.6. The van der Waals surface area contributed by atoms with E-state index in [1.807, 2.05) is 24.3 Å². The summed E-state index contributed by atoms with van der Waals surface area (Å²) < 4.78 is 1.38. The number of thioether (sulfide) groups is 1. The van der Waals surface area contributed by atoms with Crippen LogP contribution in [0.5, 0.6) is 5.75 Å². The van der Waals surface area contributed by atoms with Crippen LogP contribution in [-0.2, 0) is 26.3 Å². The monoisotopic (exact) mass is 633 g/mol. The van der Waals surface area contributed by atoms with Gasteiger partial charge in [-0.05, 0) is 65.1 Å². The number of thiazole rings is 1. The second-order valence-corrected chi connectivity index (χ2v) is 14.2. The standard InChI is InChI=1S/C32H28ClN3O5S2/c1-32(2,3)18-6-4-17(5-7-18)24-25-26(29(40)36(28(25)39)21-12-8-19(33)9-13-21)42-30-27(24)43-31(41)35(30)16-23(38)34-20-10-14-22(37)15-11-20/h4-15,24-26,37H,16H2,1-3H3,(H,34,38). The van der Waals surface area contributed by atoms with E-state index in [9.17, 15) is 24.3 Å². The largest absolute Gasteiger partial charge is 0.508 e. The number of hydrogen-bond donors (Lipinski definition) is 2. The lowest BCUT2D eigenvalue weighted by Crippen LogP contribution is -2.33. The molecule has 3 aromatic carbocycles. The summed E-state index contributed by atoms with van der Waals surface area (Å²) in [5, 5.41) is 12.5. The summed E-state index contributed by atoms with van der Waals surface area (Å²) in [4.78, 5) is 55.8. The lowest BCUT2D eigenvalue weighted by atomic mass is 9.81. The minimum absolute atomic E-state index is 0.0667. The molecule has 6 rings (SSSR count). The quantitative estimate of drug-likeness (QED) is 0.206. The number of amides is 3. The third kappa shape index (κ3) is 5.39. The van der Waals surface area contributed by atoms with Crippen molar-refractivity contribution in [1.29, 1.82) is 0 Å². The maximum absolute atomic E-state index is 14.0. The van der Waals surface area contributed by atoms with E-state index in [-0.39, 0.29) is 34.4 Å². The molecule has 1 aromatic heterocycles. The molecule has 3 heterocycles. The Balaban J connectivity index is 1.41. The van der Waals surface area contributed by atoms with Gasteiger partial charge >= 0.3 is 4.87 Å². The van der Waals surface area contributed by atoms with Crippen LogP contribution in [-0.4, -0.2) is 32.6 Å². The molecule has 4 aromatic rings. The fraction of sp³-hybridized carbons (Fsp3) is 0.250. The van der Waals surface area contributed by atoms with E-state index in [0.717, 1.165) is 22.5 Å². The Bertz CT molecular complexity index is 1790. The van der Waals surface area contributed by atoms with Crippen LogP contribution >= 0.6 is 34.7 Å². The molecule has 0 bridgehead atoms. The van der Waals surface area contributed by atoms with Gasteiger partial charge in [0.05, 0.1) is 16.6 Å². The molecule has 8 nitrogen and oxygen atoms in total. The summed E-state index contributed by atoms with van der Waals surface area (Å²) in [5.74, 6) is -2.36. The van der Waals surface area contributed by atoms with E-state index in [4.69, 9.17) is 11.6 Å². The summed E-state index contributed by atoms with van der Waals surface area (Å²) in [6.45, 7) is 6.08. The van der Waals surface area contributed by atoms with Crippen molar-refractivity contribution in [2.75, 3.05) is 10.2 Å². The lowest BCUT2D eigenvalue weighted by molar-refractivity contribution is -0.122. The SMILES string of the molecule is CC(C)(C)c1ccc(C2c3sc(=O)n(CC(=O)Nc4ccc(O)cc4)c3SC3C(=O)N(c4ccc(Cl)cc4)C(=O)C32)cc1. The molecule has 0 aliphatic carbocycles. The number of aromatic nitrogens is 1. The molecule has 1 fully saturated rings. The van der Waals surface area contributed by atoms with Crippen LogP contribution in [0.4, 0.5) is 11.4 Å². The second kappa shape index (κ2) is 11.0. The van der Waals surface area contributed by atoms with Crippen LogP contribution in [0, 0.1) is 5.92 Å². The van der Waals surface area contributed by atoms with E-state index in [2.05, 4.69) is 26.1 Å². The van der Waals surface area contributed by atoms with E-state index in [1.165, 1.54) is 33.4 Å². The van der Waals surface area contributed by atoms with Gasteiger partial charge in [0.25, 0.3) is 0 Å². The van der Waals surface area contributed by atoms with E-state index in [0.29, 0.717) is 26.3 Å².